The Morgan fingerprint density at radius 2 is 2.00 bits per heavy atom. The minimum atomic E-state index is 0.583. The second kappa shape index (κ2) is 5.70. The molecule has 2 fully saturated rings. The Balaban J connectivity index is 1.80. The number of aromatic nitrogens is 1. The van der Waals surface area contributed by atoms with E-state index in [4.69, 9.17) is 10.7 Å². The summed E-state index contributed by atoms with van der Waals surface area (Å²) in [5.74, 6) is 1.13. The first-order valence-electron chi connectivity index (χ1n) is 7.85. The van der Waals surface area contributed by atoms with E-state index in [0.29, 0.717) is 12.6 Å². The lowest BCUT2D eigenvalue weighted by Crippen LogP contribution is -2.35. The summed E-state index contributed by atoms with van der Waals surface area (Å²) in [5.41, 5.74) is 9.54. The van der Waals surface area contributed by atoms with Crippen LogP contribution in [0, 0.1) is 13.8 Å². The molecule has 1 unspecified atom stereocenters. The fourth-order valence-corrected chi connectivity index (χ4v) is 3.70. The number of nitrogens with zero attached hydrogens (tertiary/aromatic N) is 3. The van der Waals surface area contributed by atoms with Gasteiger partial charge in [0.1, 0.15) is 5.82 Å². The molecule has 20 heavy (non-hydrogen) atoms. The molecule has 4 nitrogen and oxygen atoms in total. The second-order valence-electron chi connectivity index (χ2n) is 6.22. The van der Waals surface area contributed by atoms with Crippen LogP contribution < -0.4 is 10.6 Å². The number of anilines is 1. The summed E-state index contributed by atoms with van der Waals surface area (Å²) in [4.78, 5) is 9.88. The van der Waals surface area contributed by atoms with Crippen LogP contribution in [0.2, 0.25) is 0 Å². The topological polar surface area (TPSA) is 45.4 Å². The van der Waals surface area contributed by atoms with Gasteiger partial charge in [0.25, 0.3) is 0 Å². The van der Waals surface area contributed by atoms with E-state index < -0.39 is 0 Å². The summed E-state index contributed by atoms with van der Waals surface area (Å²) in [7, 11) is 0. The largest absolute Gasteiger partial charge is 0.355 e. The Labute approximate surface area is 122 Å². The number of hydrogen-bond donors (Lipinski definition) is 1. The standard InChI is InChI=1S/C16H26N4/c1-12-9-13(2)18-16(15(12)10-17)20-8-5-14(11-20)19-6-3-4-7-19/h9,14H,3-8,10-11,17H2,1-2H3. The molecule has 1 atom stereocenters. The number of nitrogens with two attached hydrogens (primary N) is 1. The summed E-state index contributed by atoms with van der Waals surface area (Å²) < 4.78 is 0. The second-order valence-corrected chi connectivity index (χ2v) is 6.22. The predicted octanol–water partition coefficient (Wildman–Crippen LogP) is 1.83. The summed E-state index contributed by atoms with van der Waals surface area (Å²) in [6, 6.07) is 2.85. The van der Waals surface area contributed by atoms with Crippen LogP contribution in [0.25, 0.3) is 0 Å². The van der Waals surface area contributed by atoms with E-state index in [2.05, 4.69) is 29.7 Å². The fourth-order valence-electron chi connectivity index (χ4n) is 3.70. The number of pyridine rings is 1. The molecule has 2 aliphatic rings. The molecule has 0 aliphatic carbocycles. The normalized spacial score (nSPS) is 23.8. The lowest BCUT2D eigenvalue weighted by molar-refractivity contribution is 0.260. The molecule has 0 spiro atoms. The summed E-state index contributed by atoms with van der Waals surface area (Å²) in [5, 5.41) is 0. The van der Waals surface area contributed by atoms with Crippen LogP contribution in [0.3, 0.4) is 0 Å². The van der Waals surface area contributed by atoms with Gasteiger partial charge in [-0.15, -0.1) is 0 Å². The van der Waals surface area contributed by atoms with Gasteiger partial charge in [-0.3, -0.25) is 4.90 Å². The van der Waals surface area contributed by atoms with Gasteiger partial charge in [-0.1, -0.05) is 0 Å². The van der Waals surface area contributed by atoms with Crippen molar-refractivity contribution in [1.29, 1.82) is 0 Å². The van der Waals surface area contributed by atoms with Crippen molar-refractivity contribution >= 4 is 5.82 Å². The van der Waals surface area contributed by atoms with E-state index in [-0.39, 0.29) is 0 Å². The first kappa shape index (κ1) is 13.8. The van der Waals surface area contributed by atoms with E-state index >= 15 is 0 Å². The lowest BCUT2D eigenvalue weighted by atomic mass is 10.1. The highest BCUT2D eigenvalue weighted by atomic mass is 15.3. The molecule has 0 saturated carbocycles. The smallest absolute Gasteiger partial charge is 0.133 e. The van der Waals surface area contributed by atoms with Crippen LogP contribution in [0.15, 0.2) is 6.07 Å². The van der Waals surface area contributed by atoms with Crippen LogP contribution in [-0.2, 0) is 6.54 Å². The number of rotatable bonds is 3. The average molecular weight is 274 g/mol. The summed E-state index contributed by atoms with van der Waals surface area (Å²) in [6.07, 6.45) is 4.00. The van der Waals surface area contributed by atoms with Gasteiger partial charge in [0.15, 0.2) is 0 Å². The first-order chi connectivity index (χ1) is 9.69. The van der Waals surface area contributed by atoms with Gasteiger partial charge in [-0.25, -0.2) is 4.98 Å². The van der Waals surface area contributed by atoms with Crippen molar-refractivity contribution in [2.75, 3.05) is 31.1 Å². The quantitative estimate of drug-likeness (QED) is 0.913. The van der Waals surface area contributed by atoms with Gasteiger partial charge in [0, 0.05) is 36.9 Å². The third kappa shape index (κ3) is 2.54. The van der Waals surface area contributed by atoms with Crippen LogP contribution in [0.5, 0.6) is 0 Å². The highest BCUT2D eigenvalue weighted by molar-refractivity contribution is 5.52. The Kier molecular flexibility index (Phi) is 3.94. The average Bonchev–Trinajstić information content (AvgIpc) is 3.09. The molecule has 2 saturated heterocycles. The molecule has 110 valence electrons. The molecular formula is C16H26N4. The number of hydrogen-bond acceptors (Lipinski definition) is 4. The maximum atomic E-state index is 5.95. The minimum absolute atomic E-state index is 0.583. The molecule has 1 aromatic rings. The van der Waals surface area contributed by atoms with Gasteiger partial charge >= 0.3 is 0 Å². The van der Waals surface area contributed by atoms with E-state index in [1.807, 2.05) is 0 Å². The van der Waals surface area contributed by atoms with E-state index in [0.717, 1.165) is 24.6 Å². The maximum Gasteiger partial charge on any atom is 0.133 e. The van der Waals surface area contributed by atoms with E-state index in [9.17, 15) is 0 Å². The zero-order chi connectivity index (χ0) is 14.1. The number of aryl methyl sites for hydroxylation is 2. The van der Waals surface area contributed by atoms with Crippen molar-refractivity contribution in [2.45, 2.75) is 45.7 Å². The van der Waals surface area contributed by atoms with E-state index in [1.54, 1.807) is 0 Å². The van der Waals surface area contributed by atoms with Gasteiger partial charge in [-0.05, 0) is 57.8 Å². The summed E-state index contributed by atoms with van der Waals surface area (Å²) in [6.45, 7) is 9.59. The van der Waals surface area contributed by atoms with E-state index in [1.165, 1.54) is 43.5 Å². The Morgan fingerprint density at radius 3 is 2.70 bits per heavy atom. The van der Waals surface area contributed by atoms with Crippen LogP contribution >= 0.6 is 0 Å². The Hall–Kier alpha value is -1.13. The Bertz CT molecular complexity index is 480. The van der Waals surface area contributed by atoms with Gasteiger partial charge in [0.2, 0.25) is 0 Å². The Morgan fingerprint density at radius 1 is 1.25 bits per heavy atom. The number of likely N-dealkylation sites (tertiary alicyclic amines) is 1. The first-order valence-corrected chi connectivity index (χ1v) is 7.85. The van der Waals surface area contributed by atoms with Gasteiger partial charge in [0.05, 0.1) is 0 Å². The molecule has 2 aliphatic heterocycles. The monoisotopic (exact) mass is 274 g/mol. The molecule has 0 bridgehead atoms. The third-order valence-corrected chi connectivity index (χ3v) is 4.78. The van der Waals surface area contributed by atoms with Gasteiger partial charge < -0.3 is 10.6 Å². The molecular weight excluding hydrogens is 248 g/mol. The molecule has 3 rings (SSSR count). The van der Waals surface area contributed by atoms with Crippen molar-refractivity contribution in [3.63, 3.8) is 0 Å². The van der Waals surface area contributed by atoms with Crippen LogP contribution in [-0.4, -0.2) is 42.1 Å². The minimum Gasteiger partial charge on any atom is -0.355 e. The zero-order valence-electron chi connectivity index (χ0n) is 12.7. The zero-order valence-corrected chi connectivity index (χ0v) is 12.7. The summed E-state index contributed by atoms with van der Waals surface area (Å²) >= 11 is 0. The molecule has 0 radical (unpaired) electrons. The fraction of sp³-hybridized carbons (Fsp3) is 0.688. The molecule has 0 amide bonds. The van der Waals surface area contributed by atoms with Crippen LogP contribution in [0.4, 0.5) is 5.82 Å². The van der Waals surface area contributed by atoms with Crippen molar-refractivity contribution < 1.29 is 0 Å². The highest BCUT2D eigenvalue weighted by Crippen LogP contribution is 2.28. The SMILES string of the molecule is Cc1cc(C)c(CN)c(N2CCC(N3CCCC3)C2)n1. The van der Waals surface area contributed by atoms with Crippen molar-refractivity contribution in [2.24, 2.45) is 5.73 Å². The third-order valence-electron chi connectivity index (χ3n) is 4.78. The highest BCUT2D eigenvalue weighted by Gasteiger charge is 2.30. The molecule has 0 aromatic carbocycles. The molecule has 1 aromatic heterocycles. The predicted molar refractivity (Wildman–Crippen MR) is 83.0 cm³/mol. The van der Waals surface area contributed by atoms with Crippen molar-refractivity contribution in [3.05, 3.63) is 22.9 Å². The van der Waals surface area contributed by atoms with Crippen molar-refractivity contribution in [3.8, 4) is 0 Å². The van der Waals surface area contributed by atoms with Crippen molar-refractivity contribution in [1.82, 2.24) is 9.88 Å². The lowest BCUT2D eigenvalue weighted by Gasteiger charge is -2.25. The molecule has 2 N–H and O–H groups in total. The van der Waals surface area contributed by atoms with Gasteiger partial charge in [-0.2, -0.15) is 0 Å². The molecule has 3 heterocycles. The molecule has 4 heteroatoms. The van der Waals surface area contributed by atoms with Crippen LogP contribution in [0.1, 0.15) is 36.1 Å². The maximum absolute atomic E-state index is 5.95.